The standard InChI is InChI=1S/C20H16Cl2N2O/c21-17-7-5-15(6-8-17)14-25-20-4-2-1-3-16(20)13-23-24-19-11-9-18(22)10-12-19/h1-13,24H,14H2. The number of para-hydroxylation sites is 1. The number of rotatable bonds is 6. The van der Waals surface area contributed by atoms with E-state index in [9.17, 15) is 0 Å². The third-order valence-corrected chi connectivity index (χ3v) is 3.97. The molecule has 25 heavy (non-hydrogen) atoms. The third kappa shape index (κ3) is 5.24. The van der Waals surface area contributed by atoms with Crippen LogP contribution in [0.1, 0.15) is 11.1 Å². The van der Waals surface area contributed by atoms with E-state index in [1.54, 1.807) is 6.21 Å². The van der Waals surface area contributed by atoms with Crippen LogP contribution in [-0.4, -0.2) is 6.21 Å². The quantitative estimate of drug-likeness (QED) is 0.425. The number of hydrazone groups is 1. The number of halogens is 2. The van der Waals surface area contributed by atoms with Crippen molar-refractivity contribution in [2.24, 2.45) is 5.10 Å². The first-order valence-corrected chi connectivity index (χ1v) is 8.47. The lowest BCUT2D eigenvalue weighted by molar-refractivity contribution is 0.306. The summed E-state index contributed by atoms with van der Waals surface area (Å²) in [4.78, 5) is 0. The molecule has 0 saturated carbocycles. The van der Waals surface area contributed by atoms with Crippen LogP contribution in [0.25, 0.3) is 0 Å². The van der Waals surface area contributed by atoms with Crippen molar-refractivity contribution in [3.05, 3.63) is 94.0 Å². The van der Waals surface area contributed by atoms with E-state index < -0.39 is 0 Å². The highest BCUT2D eigenvalue weighted by Gasteiger charge is 2.01. The number of nitrogens with one attached hydrogen (secondary N) is 1. The Morgan fingerprint density at radius 3 is 2.20 bits per heavy atom. The predicted molar refractivity (Wildman–Crippen MR) is 105 cm³/mol. The molecule has 0 spiro atoms. The van der Waals surface area contributed by atoms with Gasteiger partial charge in [-0.25, -0.2) is 0 Å². The van der Waals surface area contributed by atoms with Crippen LogP contribution in [0.4, 0.5) is 5.69 Å². The first kappa shape index (κ1) is 17.3. The molecule has 0 unspecified atom stereocenters. The lowest BCUT2D eigenvalue weighted by Gasteiger charge is -2.09. The van der Waals surface area contributed by atoms with Gasteiger partial charge in [-0.1, -0.05) is 47.5 Å². The van der Waals surface area contributed by atoms with Gasteiger partial charge in [0.2, 0.25) is 0 Å². The summed E-state index contributed by atoms with van der Waals surface area (Å²) >= 11 is 11.8. The van der Waals surface area contributed by atoms with Crippen molar-refractivity contribution in [3.63, 3.8) is 0 Å². The maximum absolute atomic E-state index is 5.90. The summed E-state index contributed by atoms with van der Waals surface area (Å²) in [6.45, 7) is 0.465. The monoisotopic (exact) mass is 370 g/mol. The summed E-state index contributed by atoms with van der Waals surface area (Å²) < 4.78 is 5.90. The molecular weight excluding hydrogens is 355 g/mol. The number of hydrogen-bond donors (Lipinski definition) is 1. The van der Waals surface area contributed by atoms with E-state index in [0.717, 1.165) is 22.6 Å². The van der Waals surface area contributed by atoms with Crippen molar-refractivity contribution in [2.75, 3.05) is 5.43 Å². The average molecular weight is 371 g/mol. The minimum atomic E-state index is 0.465. The van der Waals surface area contributed by atoms with E-state index in [-0.39, 0.29) is 0 Å². The molecule has 0 fully saturated rings. The van der Waals surface area contributed by atoms with Crippen LogP contribution in [0.15, 0.2) is 77.9 Å². The van der Waals surface area contributed by atoms with Gasteiger partial charge in [-0.3, -0.25) is 5.43 Å². The number of anilines is 1. The molecule has 0 heterocycles. The molecule has 3 nitrogen and oxygen atoms in total. The number of ether oxygens (including phenoxy) is 1. The molecule has 0 saturated heterocycles. The molecule has 3 aromatic rings. The van der Waals surface area contributed by atoms with Crippen molar-refractivity contribution >= 4 is 35.1 Å². The van der Waals surface area contributed by atoms with E-state index in [1.165, 1.54) is 0 Å². The van der Waals surface area contributed by atoms with E-state index in [1.807, 2.05) is 72.8 Å². The Bertz CT molecular complexity index is 846. The van der Waals surface area contributed by atoms with Crippen molar-refractivity contribution in [1.82, 2.24) is 0 Å². The van der Waals surface area contributed by atoms with Crippen LogP contribution >= 0.6 is 23.2 Å². The topological polar surface area (TPSA) is 33.6 Å². The lowest BCUT2D eigenvalue weighted by atomic mass is 10.2. The van der Waals surface area contributed by atoms with Crippen LogP contribution in [0.5, 0.6) is 5.75 Å². The Morgan fingerprint density at radius 1 is 0.840 bits per heavy atom. The van der Waals surface area contributed by atoms with Gasteiger partial charge in [0.1, 0.15) is 12.4 Å². The molecule has 5 heteroatoms. The van der Waals surface area contributed by atoms with Crippen LogP contribution in [0.3, 0.4) is 0 Å². The third-order valence-electron chi connectivity index (χ3n) is 3.47. The van der Waals surface area contributed by atoms with Crippen molar-refractivity contribution < 1.29 is 4.74 Å². The molecule has 0 aromatic heterocycles. The van der Waals surface area contributed by atoms with Gasteiger partial charge >= 0.3 is 0 Å². The second-order valence-corrected chi connectivity index (χ2v) is 6.20. The van der Waals surface area contributed by atoms with Gasteiger partial charge in [-0.15, -0.1) is 0 Å². The summed E-state index contributed by atoms with van der Waals surface area (Å²) in [5.74, 6) is 0.763. The maximum Gasteiger partial charge on any atom is 0.128 e. The van der Waals surface area contributed by atoms with Crippen LogP contribution in [-0.2, 0) is 6.61 Å². The summed E-state index contributed by atoms with van der Waals surface area (Å²) in [6.07, 6.45) is 1.73. The Labute approximate surface area is 156 Å². The first-order chi connectivity index (χ1) is 12.2. The van der Waals surface area contributed by atoms with Gasteiger partial charge in [-0.05, 0) is 54.1 Å². The van der Waals surface area contributed by atoms with E-state index in [0.29, 0.717) is 16.7 Å². The molecule has 0 atom stereocenters. The van der Waals surface area contributed by atoms with Gasteiger partial charge in [0.15, 0.2) is 0 Å². The highest BCUT2D eigenvalue weighted by atomic mass is 35.5. The lowest BCUT2D eigenvalue weighted by Crippen LogP contribution is -1.99. The second kappa shape index (κ2) is 8.56. The highest BCUT2D eigenvalue weighted by molar-refractivity contribution is 6.30. The predicted octanol–water partition coefficient (Wildman–Crippen LogP) is 6.02. The summed E-state index contributed by atoms with van der Waals surface area (Å²) in [6, 6.07) is 22.7. The highest BCUT2D eigenvalue weighted by Crippen LogP contribution is 2.19. The normalized spacial score (nSPS) is 10.8. The number of nitrogens with zero attached hydrogens (tertiary/aromatic N) is 1. The molecule has 0 aliphatic heterocycles. The van der Waals surface area contributed by atoms with E-state index in [2.05, 4.69) is 10.5 Å². The van der Waals surface area contributed by atoms with Crippen molar-refractivity contribution in [1.29, 1.82) is 0 Å². The molecule has 3 aromatic carbocycles. The van der Waals surface area contributed by atoms with Crippen LogP contribution in [0, 0.1) is 0 Å². The minimum absolute atomic E-state index is 0.465. The fourth-order valence-corrected chi connectivity index (χ4v) is 2.41. The molecular formula is C20H16Cl2N2O. The molecule has 0 bridgehead atoms. The van der Waals surface area contributed by atoms with Gasteiger partial charge in [0.05, 0.1) is 11.9 Å². The summed E-state index contributed by atoms with van der Waals surface area (Å²) in [5.41, 5.74) is 5.77. The number of benzene rings is 3. The largest absolute Gasteiger partial charge is 0.488 e. The maximum atomic E-state index is 5.90. The Kier molecular flexibility index (Phi) is 5.94. The molecule has 3 rings (SSSR count). The zero-order valence-electron chi connectivity index (χ0n) is 13.3. The minimum Gasteiger partial charge on any atom is -0.488 e. The van der Waals surface area contributed by atoms with Gasteiger partial charge in [-0.2, -0.15) is 5.10 Å². The molecule has 0 aliphatic carbocycles. The molecule has 1 N–H and O–H groups in total. The van der Waals surface area contributed by atoms with Crippen LogP contribution < -0.4 is 10.2 Å². The molecule has 0 aliphatic rings. The van der Waals surface area contributed by atoms with E-state index >= 15 is 0 Å². The average Bonchev–Trinajstić information content (AvgIpc) is 2.64. The second-order valence-electron chi connectivity index (χ2n) is 5.33. The number of hydrogen-bond acceptors (Lipinski definition) is 3. The SMILES string of the molecule is Clc1ccc(COc2ccccc2C=NNc2ccc(Cl)cc2)cc1. The summed E-state index contributed by atoms with van der Waals surface area (Å²) in [5, 5.41) is 5.66. The van der Waals surface area contributed by atoms with Crippen molar-refractivity contribution in [3.8, 4) is 5.75 Å². The first-order valence-electron chi connectivity index (χ1n) is 7.71. The molecule has 0 radical (unpaired) electrons. The fraction of sp³-hybridized carbons (Fsp3) is 0.0500. The van der Waals surface area contributed by atoms with Gasteiger partial charge < -0.3 is 4.74 Å². The Balaban J connectivity index is 1.64. The smallest absolute Gasteiger partial charge is 0.128 e. The molecule has 0 amide bonds. The van der Waals surface area contributed by atoms with Crippen molar-refractivity contribution in [2.45, 2.75) is 6.61 Å². The zero-order valence-corrected chi connectivity index (χ0v) is 14.8. The Morgan fingerprint density at radius 2 is 1.48 bits per heavy atom. The summed E-state index contributed by atoms with van der Waals surface area (Å²) in [7, 11) is 0. The Hall–Kier alpha value is -2.49. The van der Waals surface area contributed by atoms with E-state index in [4.69, 9.17) is 27.9 Å². The fourth-order valence-electron chi connectivity index (χ4n) is 2.16. The van der Waals surface area contributed by atoms with Gasteiger partial charge in [0.25, 0.3) is 0 Å². The van der Waals surface area contributed by atoms with Gasteiger partial charge in [0, 0.05) is 15.6 Å². The molecule has 126 valence electrons. The zero-order chi connectivity index (χ0) is 17.5. The van der Waals surface area contributed by atoms with Crippen LogP contribution in [0.2, 0.25) is 10.0 Å².